The van der Waals surface area contributed by atoms with Crippen molar-refractivity contribution in [2.45, 2.75) is 70.5 Å². The van der Waals surface area contributed by atoms with Crippen LogP contribution in [0.5, 0.6) is 0 Å². The quantitative estimate of drug-likeness (QED) is 0.834. The van der Waals surface area contributed by atoms with Crippen LogP contribution in [0, 0.1) is 0 Å². The topological polar surface area (TPSA) is 60.9 Å². The van der Waals surface area contributed by atoms with Crippen LogP contribution in [0.4, 0.5) is 0 Å². The number of carbonyl (C=O) groups is 2. The number of carbonyl (C=O) groups excluding carboxylic acids is 1. The highest BCUT2D eigenvalue weighted by Crippen LogP contribution is 2.30. The maximum absolute atomic E-state index is 12.7. The first kappa shape index (κ1) is 15.3. The molecule has 2 rings (SSSR count). The lowest BCUT2D eigenvalue weighted by Crippen LogP contribution is -2.53. The summed E-state index contributed by atoms with van der Waals surface area (Å²) in [4.78, 5) is 27.8. The lowest BCUT2D eigenvalue weighted by molar-refractivity contribution is -0.152. The molecule has 0 radical (unpaired) electrons. The van der Waals surface area contributed by atoms with Crippen molar-refractivity contribution in [3.05, 3.63) is 0 Å². The van der Waals surface area contributed by atoms with E-state index in [1.807, 2.05) is 6.92 Å². The first-order valence-electron chi connectivity index (χ1n) is 7.81. The van der Waals surface area contributed by atoms with E-state index < -0.39 is 12.0 Å². The second kappa shape index (κ2) is 6.57. The number of hydrogen-bond acceptors (Lipinski definition) is 3. The molecule has 20 heavy (non-hydrogen) atoms. The Bertz CT molecular complexity index is 360. The number of carboxylic acids is 1. The van der Waals surface area contributed by atoms with Crippen molar-refractivity contribution >= 4 is 11.9 Å². The molecule has 1 saturated carbocycles. The van der Waals surface area contributed by atoms with Crippen LogP contribution < -0.4 is 0 Å². The first-order chi connectivity index (χ1) is 9.52. The Balaban J connectivity index is 2.04. The standard InChI is InChI=1S/C15H26N2O3/c1-11(16-9-5-3-4-6-10-16)14(18)17(13-7-8-13)12(2)15(19)20/h11-13H,3-10H2,1-2H3,(H,19,20). The van der Waals surface area contributed by atoms with E-state index in [9.17, 15) is 14.7 Å². The summed E-state index contributed by atoms with van der Waals surface area (Å²) in [7, 11) is 0. The fourth-order valence-electron chi connectivity index (χ4n) is 3.01. The molecule has 0 spiro atoms. The molecular formula is C15H26N2O3. The third-order valence-corrected chi connectivity index (χ3v) is 4.52. The van der Waals surface area contributed by atoms with Crippen molar-refractivity contribution in [3.8, 4) is 0 Å². The van der Waals surface area contributed by atoms with E-state index in [1.54, 1.807) is 11.8 Å². The highest BCUT2D eigenvalue weighted by molar-refractivity contribution is 5.87. The summed E-state index contributed by atoms with van der Waals surface area (Å²) < 4.78 is 0. The van der Waals surface area contributed by atoms with Gasteiger partial charge in [0.15, 0.2) is 0 Å². The molecule has 2 aliphatic rings. The van der Waals surface area contributed by atoms with Gasteiger partial charge in [0.05, 0.1) is 6.04 Å². The molecule has 2 unspecified atom stereocenters. The van der Waals surface area contributed by atoms with Gasteiger partial charge in [0, 0.05) is 6.04 Å². The zero-order valence-electron chi connectivity index (χ0n) is 12.5. The van der Waals surface area contributed by atoms with Crippen LogP contribution in [0.2, 0.25) is 0 Å². The first-order valence-corrected chi connectivity index (χ1v) is 7.81. The maximum Gasteiger partial charge on any atom is 0.326 e. The third kappa shape index (κ3) is 3.51. The summed E-state index contributed by atoms with van der Waals surface area (Å²) in [5.41, 5.74) is 0. The molecule has 0 aromatic carbocycles. The average molecular weight is 282 g/mol. The Morgan fingerprint density at radius 1 is 1.10 bits per heavy atom. The van der Waals surface area contributed by atoms with Crippen molar-refractivity contribution in [1.29, 1.82) is 0 Å². The highest BCUT2D eigenvalue weighted by Gasteiger charge is 2.41. The van der Waals surface area contributed by atoms with E-state index in [0.29, 0.717) is 0 Å². The van der Waals surface area contributed by atoms with Gasteiger partial charge in [-0.25, -0.2) is 4.79 Å². The van der Waals surface area contributed by atoms with Gasteiger partial charge in [-0.2, -0.15) is 0 Å². The molecule has 0 bridgehead atoms. The monoisotopic (exact) mass is 282 g/mol. The van der Waals surface area contributed by atoms with Gasteiger partial charge in [-0.15, -0.1) is 0 Å². The molecule has 1 aliphatic carbocycles. The van der Waals surface area contributed by atoms with Gasteiger partial charge in [0.25, 0.3) is 0 Å². The van der Waals surface area contributed by atoms with Gasteiger partial charge in [0.1, 0.15) is 6.04 Å². The van der Waals surface area contributed by atoms with Crippen LogP contribution in [0.15, 0.2) is 0 Å². The van der Waals surface area contributed by atoms with Gasteiger partial charge < -0.3 is 10.0 Å². The average Bonchev–Trinajstić information content (AvgIpc) is 3.24. The van der Waals surface area contributed by atoms with Gasteiger partial charge in [-0.3, -0.25) is 9.69 Å². The van der Waals surface area contributed by atoms with E-state index in [0.717, 1.165) is 38.8 Å². The van der Waals surface area contributed by atoms with Crippen LogP contribution in [0.3, 0.4) is 0 Å². The largest absolute Gasteiger partial charge is 0.480 e. The predicted octanol–water partition coefficient (Wildman–Crippen LogP) is 1.71. The Morgan fingerprint density at radius 3 is 2.10 bits per heavy atom. The summed E-state index contributed by atoms with van der Waals surface area (Å²) in [6.45, 7) is 5.45. The molecule has 1 aliphatic heterocycles. The van der Waals surface area contributed by atoms with Gasteiger partial charge in [-0.1, -0.05) is 12.8 Å². The minimum atomic E-state index is -0.909. The Morgan fingerprint density at radius 2 is 1.65 bits per heavy atom. The van der Waals surface area contributed by atoms with E-state index >= 15 is 0 Å². The van der Waals surface area contributed by atoms with Crippen LogP contribution in [-0.4, -0.2) is 58.0 Å². The SMILES string of the molecule is CC(C(=O)N(C1CC1)C(C)C(=O)O)N1CCCCCC1. The zero-order chi connectivity index (χ0) is 14.7. The van der Waals surface area contributed by atoms with Crippen molar-refractivity contribution < 1.29 is 14.7 Å². The highest BCUT2D eigenvalue weighted by atomic mass is 16.4. The summed E-state index contributed by atoms with van der Waals surface area (Å²) in [6.07, 6.45) is 6.61. The smallest absolute Gasteiger partial charge is 0.326 e. The third-order valence-electron chi connectivity index (χ3n) is 4.52. The molecule has 114 valence electrons. The molecule has 1 heterocycles. The molecule has 1 N–H and O–H groups in total. The number of aliphatic carboxylic acids is 1. The second-order valence-electron chi connectivity index (χ2n) is 6.12. The van der Waals surface area contributed by atoms with Crippen LogP contribution in [0.25, 0.3) is 0 Å². The Kier molecular flexibility index (Phi) is 5.02. The summed E-state index contributed by atoms with van der Waals surface area (Å²) in [6, 6.07) is -0.775. The van der Waals surface area contributed by atoms with Crippen molar-refractivity contribution in [1.82, 2.24) is 9.80 Å². The summed E-state index contributed by atoms with van der Waals surface area (Å²) in [5.74, 6) is -0.919. The van der Waals surface area contributed by atoms with E-state index in [4.69, 9.17) is 0 Å². The molecule has 2 fully saturated rings. The molecule has 0 aromatic rings. The number of likely N-dealkylation sites (tertiary alicyclic amines) is 1. The molecule has 1 amide bonds. The number of carboxylic acid groups (broad SMARTS) is 1. The number of nitrogens with zero attached hydrogens (tertiary/aromatic N) is 2. The molecular weight excluding hydrogens is 256 g/mol. The number of rotatable bonds is 5. The normalized spacial score (nSPS) is 23.7. The minimum absolute atomic E-state index is 0.00991. The van der Waals surface area contributed by atoms with Gasteiger partial charge in [-0.05, 0) is 52.6 Å². The van der Waals surface area contributed by atoms with E-state index in [2.05, 4.69) is 4.90 Å². The molecule has 2 atom stereocenters. The Hall–Kier alpha value is -1.10. The van der Waals surface area contributed by atoms with Crippen LogP contribution in [0.1, 0.15) is 52.4 Å². The van der Waals surface area contributed by atoms with Crippen molar-refractivity contribution in [2.24, 2.45) is 0 Å². The van der Waals surface area contributed by atoms with Crippen LogP contribution in [-0.2, 0) is 9.59 Å². The molecule has 1 saturated heterocycles. The van der Waals surface area contributed by atoms with E-state index in [1.165, 1.54) is 12.8 Å². The fourth-order valence-corrected chi connectivity index (χ4v) is 3.01. The number of hydrogen-bond donors (Lipinski definition) is 1. The van der Waals surface area contributed by atoms with Gasteiger partial charge >= 0.3 is 5.97 Å². The molecule has 5 nitrogen and oxygen atoms in total. The number of amides is 1. The summed E-state index contributed by atoms with van der Waals surface area (Å²) >= 11 is 0. The summed E-state index contributed by atoms with van der Waals surface area (Å²) in [5, 5.41) is 9.21. The van der Waals surface area contributed by atoms with Crippen molar-refractivity contribution in [2.75, 3.05) is 13.1 Å². The minimum Gasteiger partial charge on any atom is -0.480 e. The molecule has 5 heteroatoms. The lowest BCUT2D eigenvalue weighted by atomic mass is 10.1. The van der Waals surface area contributed by atoms with Gasteiger partial charge in [0.2, 0.25) is 5.91 Å². The van der Waals surface area contributed by atoms with Crippen LogP contribution >= 0.6 is 0 Å². The Labute approximate surface area is 120 Å². The maximum atomic E-state index is 12.7. The predicted molar refractivity (Wildman–Crippen MR) is 76.5 cm³/mol. The fraction of sp³-hybridized carbons (Fsp3) is 0.867. The van der Waals surface area contributed by atoms with E-state index in [-0.39, 0.29) is 18.0 Å². The zero-order valence-corrected chi connectivity index (χ0v) is 12.5. The lowest BCUT2D eigenvalue weighted by Gasteiger charge is -2.34. The van der Waals surface area contributed by atoms with Crippen molar-refractivity contribution in [3.63, 3.8) is 0 Å². The second-order valence-corrected chi connectivity index (χ2v) is 6.12. The molecule has 0 aromatic heterocycles.